The number of benzene rings is 1. The molecule has 2 rings (SSSR count). The van der Waals surface area contributed by atoms with Gasteiger partial charge < -0.3 is 0 Å². The summed E-state index contributed by atoms with van der Waals surface area (Å²) in [7, 11) is 0. The van der Waals surface area contributed by atoms with Crippen LogP contribution in [0.1, 0.15) is 59.7 Å². The lowest BCUT2D eigenvalue weighted by atomic mass is 9.74. The zero-order chi connectivity index (χ0) is 14.5. The fourth-order valence-electron chi connectivity index (χ4n) is 2.94. The number of hydrogen-bond donors (Lipinski definition) is 0. The van der Waals surface area contributed by atoms with E-state index in [2.05, 4.69) is 22.9 Å². The molecule has 0 fully saturated rings. The van der Waals surface area contributed by atoms with Crippen molar-refractivity contribution in [3.8, 4) is 0 Å². The Morgan fingerprint density at radius 1 is 1.15 bits per heavy atom. The molecule has 2 atom stereocenters. The third-order valence-corrected chi connectivity index (χ3v) is 4.78. The van der Waals surface area contributed by atoms with E-state index in [0.717, 1.165) is 18.2 Å². The van der Waals surface area contributed by atoms with Gasteiger partial charge in [0, 0.05) is 28.8 Å². The average molecular weight is 337 g/mol. The maximum atomic E-state index is 12.5. The van der Waals surface area contributed by atoms with Crippen molar-refractivity contribution in [2.45, 2.75) is 39.0 Å². The van der Waals surface area contributed by atoms with Crippen molar-refractivity contribution in [2.75, 3.05) is 5.33 Å². The molecular weight excluding hydrogens is 316 g/mol. The standard InChI is InChI=1S/C17H21BrO2/c1-12(7-3-2-6-10-18)15-11-16(19)13-8-4-5-9-14(13)17(15)20/h4-5,8-9,12,15H,2-3,6-7,10-11H2,1H3. The van der Waals surface area contributed by atoms with Crippen LogP contribution in [0.5, 0.6) is 0 Å². The van der Waals surface area contributed by atoms with Crippen molar-refractivity contribution in [3.63, 3.8) is 0 Å². The molecule has 3 heteroatoms. The highest BCUT2D eigenvalue weighted by Crippen LogP contribution is 2.32. The van der Waals surface area contributed by atoms with E-state index in [9.17, 15) is 9.59 Å². The summed E-state index contributed by atoms with van der Waals surface area (Å²) in [6.07, 6.45) is 4.90. The number of carbonyl (C=O) groups is 2. The van der Waals surface area contributed by atoms with E-state index in [1.807, 2.05) is 12.1 Å². The van der Waals surface area contributed by atoms with E-state index >= 15 is 0 Å². The molecule has 0 amide bonds. The fourth-order valence-corrected chi connectivity index (χ4v) is 3.34. The highest BCUT2D eigenvalue weighted by atomic mass is 79.9. The molecule has 0 bridgehead atoms. The van der Waals surface area contributed by atoms with Crippen LogP contribution < -0.4 is 0 Å². The first-order chi connectivity index (χ1) is 9.65. The summed E-state index contributed by atoms with van der Waals surface area (Å²) in [5, 5.41) is 1.04. The van der Waals surface area contributed by atoms with Gasteiger partial charge in [-0.15, -0.1) is 0 Å². The summed E-state index contributed by atoms with van der Waals surface area (Å²) in [5.74, 6) is 0.446. The minimum absolute atomic E-state index is 0.123. The number of alkyl halides is 1. The van der Waals surface area contributed by atoms with Gasteiger partial charge in [-0.25, -0.2) is 0 Å². The molecule has 0 spiro atoms. The smallest absolute Gasteiger partial charge is 0.167 e. The Labute approximate surface area is 129 Å². The molecular formula is C17H21BrO2. The Balaban J connectivity index is 2.04. The number of Topliss-reactive ketones (excluding diaryl/α,β-unsaturated/α-hetero) is 2. The zero-order valence-corrected chi connectivity index (χ0v) is 13.5. The van der Waals surface area contributed by atoms with Gasteiger partial charge in [0.2, 0.25) is 0 Å². The van der Waals surface area contributed by atoms with Crippen LogP contribution in [-0.4, -0.2) is 16.9 Å². The molecule has 0 radical (unpaired) electrons. The Kier molecular flexibility index (Phi) is 5.53. The van der Waals surface area contributed by atoms with E-state index in [4.69, 9.17) is 0 Å². The molecule has 20 heavy (non-hydrogen) atoms. The third kappa shape index (κ3) is 3.38. The van der Waals surface area contributed by atoms with Gasteiger partial charge >= 0.3 is 0 Å². The second-order valence-corrected chi connectivity index (χ2v) is 6.45. The normalized spacial score (nSPS) is 19.8. The third-order valence-electron chi connectivity index (χ3n) is 4.21. The monoisotopic (exact) mass is 336 g/mol. The van der Waals surface area contributed by atoms with E-state index in [-0.39, 0.29) is 23.4 Å². The molecule has 2 nitrogen and oxygen atoms in total. The largest absolute Gasteiger partial charge is 0.294 e. The maximum absolute atomic E-state index is 12.5. The molecule has 0 heterocycles. The number of unbranched alkanes of at least 4 members (excludes halogenated alkanes) is 2. The van der Waals surface area contributed by atoms with Crippen LogP contribution >= 0.6 is 15.9 Å². The number of ketones is 2. The lowest BCUT2D eigenvalue weighted by Gasteiger charge is -2.27. The van der Waals surface area contributed by atoms with Crippen molar-refractivity contribution in [1.82, 2.24) is 0 Å². The molecule has 0 N–H and O–H groups in total. The first kappa shape index (κ1) is 15.4. The first-order valence-electron chi connectivity index (χ1n) is 7.37. The van der Waals surface area contributed by atoms with Gasteiger partial charge in [0.1, 0.15) is 0 Å². The van der Waals surface area contributed by atoms with Crippen molar-refractivity contribution in [1.29, 1.82) is 0 Å². The molecule has 0 saturated carbocycles. The van der Waals surface area contributed by atoms with Gasteiger partial charge in [-0.05, 0) is 18.8 Å². The van der Waals surface area contributed by atoms with Crippen LogP contribution in [0, 0.1) is 11.8 Å². The highest BCUT2D eigenvalue weighted by molar-refractivity contribution is 9.09. The number of carbonyl (C=O) groups excluding carboxylic acids is 2. The highest BCUT2D eigenvalue weighted by Gasteiger charge is 2.35. The maximum Gasteiger partial charge on any atom is 0.167 e. The Morgan fingerprint density at radius 3 is 2.55 bits per heavy atom. The van der Waals surface area contributed by atoms with Gasteiger partial charge in [0.05, 0.1) is 0 Å². The van der Waals surface area contributed by atoms with E-state index in [1.54, 1.807) is 12.1 Å². The minimum atomic E-state index is -0.124. The van der Waals surface area contributed by atoms with Crippen molar-refractivity contribution in [3.05, 3.63) is 35.4 Å². The molecule has 0 aromatic heterocycles. The fraction of sp³-hybridized carbons (Fsp3) is 0.529. The van der Waals surface area contributed by atoms with E-state index < -0.39 is 0 Å². The molecule has 1 aromatic rings. The van der Waals surface area contributed by atoms with Crippen molar-refractivity contribution in [2.24, 2.45) is 11.8 Å². The Morgan fingerprint density at radius 2 is 1.85 bits per heavy atom. The Hall–Kier alpha value is -0.960. The van der Waals surface area contributed by atoms with Crippen molar-refractivity contribution < 1.29 is 9.59 Å². The lowest BCUT2D eigenvalue weighted by Crippen LogP contribution is -2.31. The van der Waals surface area contributed by atoms with E-state index in [0.29, 0.717) is 17.5 Å². The minimum Gasteiger partial charge on any atom is -0.294 e. The zero-order valence-electron chi connectivity index (χ0n) is 11.9. The molecule has 2 unspecified atom stereocenters. The number of rotatable bonds is 6. The van der Waals surface area contributed by atoms with Crippen molar-refractivity contribution >= 4 is 27.5 Å². The molecule has 1 aromatic carbocycles. The second kappa shape index (κ2) is 7.16. The molecule has 108 valence electrons. The Bertz CT molecular complexity index is 496. The topological polar surface area (TPSA) is 34.1 Å². The number of halogens is 1. The lowest BCUT2D eigenvalue weighted by molar-refractivity contribution is 0.0774. The van der Waals surface area contributed by atoms with Crippen LogP contribution in [0.15, 0.2) is 24.3 Å². The van der Waals surface area contributed by atoms with Crippen LogP contribution in [0.4, 0.5) is 0 Å². The average Bonchev–Trinajstić information content (AvgIpc) is 2.47. The van der Waals surface area contributed by atoms with Gasteiger partial charge in [-0.2, -0.15) is 0 Å². The van der Waals surface area contributed by atoms with Crippen LogP contribution in [0.3, 0.4) is 0 Å². The molecule has 0 aliphatic heterocycles. The van der Waals surface area contributed by atoms with E-state index in [1.165, 1.54) is 12.8 Å². The quantitative estimate of drug-likeness (QED) is 0.559. The van der Waals surface area contributed by atoms with Crippen LogP contribution in [0.2, 0.25) is 0 Å². The summed E-state index contributed by atoms with van der Waals surface area (Å²) < 4.78 is 0. The molecule has 1 aliphatic carbocycles. The summed E-state index contributed by atoms with van der Waals surface area (Å²) in [6, 6.07) is 7.23. The van der Waals surface area contributed by atoms with Gasteiger partial charge in [-0.3, -0.25) is 9.59 Å². The van der Waals surface area contributed by atoms with Crippen LogP contribution in [-0.2, 0) is 0 Å². The summed E-state index contributed by atoms with van der Waals surface area (Å²) in [5.41, 5.74) is 1.24. The number of fused-ring (bicyclic) bond motifs is 1. The van der Waals surface area contributed by atoms with Gasteiger partial charge in [0.15, 0.2) is 11.6 Å². The summed E-state index contributed by atoms with van der Waals surface area (Å²) in [4.78, 5) is 24.7. The first-order valence-corrected chi connectivity index (χ1v) is 8.49. The number of hydrogen-bond acceptors (Lipinski definition) is 2. The van der Waals surface area contributed by atoms with Crippen LogP contribution in [0.25, 0.3) is 0 Å². The summed E-state index contributed by atoms with van der Waals surface area (Å²) >= 11 is 3.43. The second-order valence-electron chi connectivity index (χ2n) is 5.66. The van der Waals surface area contributed by atoms with Gasteiger partial charge in [0.25, 0.3) is 0 Å². The molecule has 0 saturated heterocycles. The predicted molar refractivity (Wildman–Crippen MR) is 84.6 cm³/mol. The SMILES string of the molecule is CC(CCCCCBr)C1CC(=O)c2ccccc2C1=O. The predicted octanol–water partition coefficient (Wildman–Crippen LogP) is 4.66. The van der Waals surface area contributed by atoms with Gasteiger partial charge in [-0.1, -0.05) is 60.0 Å². The summed E-state index contributed by atoms with van der Waals surface area (Å²) in [6.45, 7) is 2.11. The molecule has 1 aliphatic rings.